The first-order valence-electron chi connectivity index (χ1n) is 8.74. The van der Waals surface area contributed by atoms with Gasteiger partial charge in [-0.25, -0.2) is 0 Å². The third kappa shape index (κ3) is 4.78. The number of carbonyl (C=O) groups is 2. The minimum Gasteiger partial charge on any atom is -0.352 e. The van der Waals surface area contributed by atoms with Crippen molar-refractivity contribution < 1.29 is 9.59 Å². The van der Waals surface area contributed by atoms with Crippen LogP contribution in [0.5, 0.6) is 0 Å². The highest BCUT2D eigenvalue weighted by molar-refractivity contribution is 5.95. The molecule has 2 amide bonds. The molecule has 0 spiro atoms. The Labute approximate surface area is 157 Å². The fraction of sp³-hybridized carbons (Fsp3) is 0.200. The number of pyridine rings is 1. The molecule has 138 valence electrons. The average Bonchev–Trinajstić information content (AvgIpc) is 3.19. The quantitative estimate of drug-likeness (QED) is 0.561. The standard InChI is InChI=1S/C20H21N5O2/c1-14-16(9-5-10-21-14)19(26)22-11-6-12-23-20(27)18-13-17(24-25-18)15-7-3-2-4-8-15/h2-5,7-10,13H,6,11-12H2,1H3,(H,22,26)(H,23,27)(H,24,25). The molecule has 0 unspecified atom stereocenters. The van der Waals surface area contributed by atoms with Crippen molar-refractivity contribution in [2.24, 2.45) is 0 Å². The number of carbonyl (C=O) groups excluding carboxylic acids is 2. The highest BCUT2D eigenvalue weighted by Gasteiger charge is 2.11. The molecule has 3 rings (SSSR count). The van der Waals surface area contributed by atoms with E-state index in [1.165, 1.54) is 0 Å². The van der Waals surface area contributed by atoms with E-state index in [1.54, 1.807) is 31.3 Å². The molecule has 0 saturated heterocycles. The number of hydrogen-bond donors (Lipinski definition) is 3. The highest BCUT2D eigenvalue weighted by atomic mass is 16.2. The molecule has 0 aliphatic heterocycles. The van der Waals surface area contributed by atoms with Gasteiger partial charge in [0, 0.05) is 30.5 Å². The molecule has 0 radical (unpaired) electrons. The summed E-state index contributed by atoms with van der Waals surface area (Å²) in [6, 6.07) is 14.8. The van der Waals surface area contributed by atoms with E-state index < -0.39 is 0 Å². The van der Waals surface area contributed by atoms with Crippen molar-refractivity contribution >= 4 is 11.8 Å². The van der Waals surface area contributed by atoms with Gasteiger partial charge >= 0.3 is 0 Å². The zero-order valence-corrected chi connectivity index (χ0v) is 15.0. The molecule has 0 aliphatic rings. The maximum absolute atomic E-state index is 12.2. The fourth-order valence-electron chi connectivity index (χ4n) is 2.60. The number of hydrogen-bond acceptors (Lipinski definition) is 4. The zero-order chi connectivity index (χ0) is 19.1. The van der Waals surface area contributed by atoms with E-state index in [0.29, 0.717) is 36.5 Å². The van der Waals surface area contributed by atoms with Crippen molar-refractivity contribution in [1.29, 1.82) is 0 Å². The van der Waals surface area contributed by atoms with Crippen LogP contribution in [0, 0.1) is 6.92 Å². The average molecular weight is 363 g/mol. The van der Waals surface area contributed by atoms with Crippen molar-refractivity contribution in [2.75, 3.05) is 13.1 Å². The number of nitrogens with zero attached hydrogens (tertiary/aromatic N) is 2. The first-order chi connectivity index (χ1) is 13.1. The summed E-state index contributed by atoms with van der Waals surface area (Å²) in [6.07, 6.45) is 2.27. The molecular formula is C20H21N5O2. The van der Waals surface area contributed by atoms with Crippen LogP contribution in [0.25, 0.3) is 11.3 Å². The summed E-state index contributed by atoms with van der Waals surface area (Å²) in [5, 5.41) is 12.6. The predicted molar refractivity (Wildman–Crippen MR) is 102 cm³/mol. The van der Waals surface area contributed by atoms with E-state index in [-0.39, 0.29) is 11.8 Å². The maximum Gasteiger partial charge on any atom is 0.269 e. The van der Waals surface area contributed by atoms with E-state index in [9.17, 15) is 9.59 Å². The summed E-state index contributed by atoms with van der Waals surface area (Å²) in [7, 11) is 0. The SMILES string of the molecule is Cc1ncccc1C(=O)NCCCNC(=O)c1cc(-c2ccccc2)n[nH]1. The van der Waals surface area contributed by atoms with Crippen molar-refractivity contribution in [2.45, 2.75) is 13.3 Å². The Morgan fingerprint density at radius 1 is 1.00 bits per heavy atom. The van der Waals surface area contributed by atoms with Crippen LogP contribution in [0.2, 0.25) is 0 Å². The van der Waals surface area contributed by atoms with Crippen LogP contribution in [0.4, 0.5) is 0 Å². The van der Waals surface area contributed by atoms with Crippen molar-refractivity contribution in [3.05, 3.63) is 71.7 Å². The Morgan fingerprint density at radius 2 is 1.74 bits per heavy atom. The molecule has 3 aromatic rings. The van der Waals surface area contributed by atoms with Gasteiger partial charge in [-0.05, 0) is 31.5 Å². The Balaban J connectivity index is 1.42. The lowest BCUT2D eigenvalue weighted by Crippen LogP contribution is -2.30. The lowest BCUT2D eigenvalue weighted by Gasteiger charge is -2.07. The number of aromatic amines is 1. The third-order valence-corrected chi connectivity index (χ3v) is 4.07. The maximum atomic E-state index is 12.2. The van der Waals surface area contributed by atoms with Gasteiger partial charge in [0.25, 0.3) is 11.8 Å². The van der Waals surface area contributed by atoms with Gasteiger partial charge in [-0.2, -0.15) is 5.10 Å². The van der Waals surface area contributed by atoms with Gasteiger partial charge in [-0.15, -0.1) is 0 Å². The second kappa shape index (κ2) is 8.75. The van der Waals surface area contributed by atoms with E-state index in [2.05, 4.69) is 25.8 Å². The summed E-state index contributed by atoms with van der Waals surface area (Å²) in [5.74, 6) is -0.382. The zero-order valence-electron chi connectivity index (χ0n) is 15.0. The number of benzene rings is 1. The molecule has 1 aromatic carbocycles. The smallest absolute Gasteiger partial charge is 0.269 e. The summed E-state index contributed by atoms with van der Waals surface area (Å²) in [6.45, 7) is 2.71. The van der Waals surface area contributed by atoms with Crippen LogP contribution >= 0.6 is 0 Å². The fourth-order valence-corrected chi connectivity index (χ4v) is 2.60. The van der Waals surface area contributed by atoms with Gasteiger partial charge in [0.1, 0.15) is 5.69 Å². The molecule has 0 aliphatic carbocycles. The van der Waals surface area contributed by atoms with Crippen LogP contribution in [0.1, 0.15) is 33.0 Å². The molecule has 27 heavy (non-hydrogen) atoms. The Bertz CT molecular complexity index is 921. The molecule has 0 bridgehead atoms. The first kappa shape index (κ1) is 18.3. The van der Waals surface area contributed by atoms with Crippen molar-refractivity contribution in [1.82, 2.24) is 25.8 Å². The molecular weight excluding hydrogens is 342 g/mol. The number of amides is 2. The van der Waals surface area contributed by atoms with Crippen molar-refractivity contribution in [3.63, 3.8) is 0 Å². The van der Waals surface area contributed by atoms with Crippen LogP contribution in [0.15, 0.2) is 54.7 Å². The molecule has 0 fully saturated rings. The largest absolute Gasteiger partial charge is 0.352 e. The van der Waals surface area contributed by atoms with E-state index in [1.807, 2.05) is 30.3 Å². The normalized spacial score (nSPS) is 10.4. The summed E-state index contributed by atoms with van der Waals surface area (Å²) in [5.41, 5.74) is 3.33. The van der Waals surface area contributed by atoms with Gasteiger partial charge in [0.15, 0.2) is 0 Å². The van der Waals surface area contributed by atoms with Crippen LogP contribution in [-0.2, 0) is 0 Å². The predicted octanol–water partition coefficient (Wildman–Crippen LogP) is 2.33. The molecule has 2 heterocycles. The Morgan fingerprint density at radius 3 is 2.48 bits per heavy atom. The van der Waals surface area contributed by atoms with Crippen LogP contribution in [0.3, 0.4) is 0 Å². The molecule has 0 saturated carbocycles. The minimum atomic E-state index is -0.223. The van der Waals surface area contributed by atoms with Crippen molar-refractivity contribution in [3.8, 4) is 11.3 Å². The topological polar surface area (TPSA) is 99.8 Å². The lowest BCUT2D eigenvalue weighted by atomic mass is 10.1. The van der Waals surface area contributed by atoms with Crippen LogP contribution in [-0.4, -0.2) is 40.1 Å². The number of nitrogens with one attached hydrogen (secondary N) is 3. The first-order valence-corrected chi connectivity index (χ1v) is 8.74. The summed E-state index contributed by atoms with van der Waals surface area (Å²) in [4.78, 5) is 28.3. The van der Waals surface area contributed by atoms with E-state index >= 15 is 0 Å². The lowest BCUT2D eigenvalue weighted by molar-refractivity contribution is 0.0948. The van der Waals surface area contributed by atoms with Gasteiger partial charge < -0.3 is 10.6 Å². The second-order valence-corrected chi connectivity index (χ2v) is 6.03. The molecule has 7 heteroatoms. The van der Waals surface area contributed by atoms with Gasteiger partial charge in [0.05, 0.1) is 11.3 Å². The molecule has 0 atom stereocenters. The minimum absolute atomic E-state index is 0.159. The number of aryl methyl sites for hydroxylation is 1. The number of H-pyrrole nitrogens is 1. The van der Waals surface area contributed by atoms with Crippen LogP contribution < -0.4 is 10.6 Å². The molecule has 7 nitrogen and oxygen atoms in total. The van der Waals surface area contributed by atoms with Gasteiger partial charge in [0.2, 0.25) is 0 Å². The second-order valence-electron chi connectivity index (χ2n) is 6.03. The number of rotatable bonds is 7. The summed E-state index contributed by atoms with van der Waals surface area (Å²) < 4.78 is 0. The third-order valence-electron chi connectivity index (χ3n) is 4.07. The molecule has 3 N–H and O–H groups in total. The number of aromatic nitrogens is 3. The summed E-state index contributed by atoms with van der Waals surface area (Å²) >= 11 is 0. The monoisotopic (exact) mass is 363 g/mol. The van der Waals surface area contributed by atoms with E-state index in [0.717, 1.165) is 11.3 Å². The van der Waals surface area contributed by atoms with E-state index in [4.69, 9.17) is 0 Å². The highest BCUT2D eigenvalue weighted by Crippen LogP contribution is 2.16. The Kier molecular flexibility index (Phi) is 5.94. The Hall–Kier alpha value is -3.48. The molecule has 2 aromatic heterocycles. The van der Waals surface area contributed by atoms with Gasteiger partial charge in [-0.1, -0.05) is 30.3 Å². The van der Waals surface area contributed by atoms with Gasteiger partial charge in [-0.3, -0.25) is 19.7 Å².